The van der Waals surface area contributed by atoms with Crippen molar-refractivity contribution in [1.29, 1.82) is 0 Å². The Hall–Kier alpha value is -0.980. The van der Waals surface area contributed by atoms with Crippen LogP contribution in [0, 0.1) is 0 Å². The van der Waals surface area contributed by atoms with E-state index in [2.05, 4.69) is 22.2 Å². The average molecular weight is 322 g/mol. The van der Waals surface area contributed by atoms with E-state index in [0.717, 1.165) is 70.5 Å². The van der Waals surface area contributed by atoms with Crippen molar-refractivity contribution in [2.75, 3.05) is 26.2 Å². The second-order valence-electron chi connectivity index (χ2n) is 6.52. The Morgan fingerprint density at radius 2 is 2.00 bits per heavy atom. The lowest BCUT2D eigenvalue weighted by Gasteiger charge is -2.38. The minimum absolute atomic E-state index is 0.173. The lowest BCUT2D eigenvalue weighted by atomic mass is 9.97. The van der Waals surface area contributed by atoms with Crippen LogP contribution in [0.4, 0.5) is 0 Å². The van der Waals surface area contributed by atoms with Crippen molar-refractivity contribution in [3.8, 4) is 0 Å². The molecule has 122 valence electrons. The smallest absolute Gasteiger partial charge is 0.242 e. The number of hydrogen-bond donors (Lipinski definition) is 1. The molecule has 0 aromatic carbocycles. The summed E-state index contributed by atoms with van der Waals surface area (Å²) in [6.07, 6.45) is 4.89. The fourth-order valence-electron chi connectivity index (χ4n) is 3.46. The number of aromatic nitrogens is 1. The van der Waals surface area contributed by atoms with Crippen LogP contribution in [0.3, 0.4) is 0 Å². The SMILES string of the molecule is CCc1nc(CN2CCN(C(=O)C3(N)CCCC3)CC2)cs1. The van der Waals surface area contributed by atoms with Crippen molar-refractivity contribution in [3.63, 3.8) is 0 Å². The van der Waals surface area contributed by atoms with E-state index in [9.17, 15) is 4.79 Å². The molecule has 2 N–H and O–H groups in total. The van der Waals surface area contributed by atoms with Crippen molar-refractivity contribution in [2.24, 2.45) is 5.73 Å². The quantitative estimate of drug-likeness (QED) is 0.915. The third-order valence-corrected chi connectivity index (χ3v) is 5.91. The summed E-state index contributed by atoms with van der Waals surface area (Å²) in [5, 5.41) is 3.36. The monoisotopic (exact) mass is 322 g/mol. The number of rotatable bonds is 4. The summed E-state index contributed by atoms with van der Waals surface area (Å²) in [6, 6.07) is 0. The number of carbonyl (C=O) groups is 1. The molecule has 3 rings (SSSR count). The van der Waals surface area contributed by atoms with E-state index in [1.165, 1.54) is 5.01 Å². The van der Waals surface area contributed by atoms with Gasteiger partial charge in [0.15, 0.2) is 0 Å². The van der Waals surface area contributed by atoms with E-state index >= 15 is 0 Å². The highest BCUT2D eigenvalue weighted by Crippen LogP contribution is 2.29. The molecule has 22 heavy (non-hydrogen) atoms. The summed E-state index contributed by atoms with van der Waals surface area (Å²) < 4.78 is 0. The Labute approximate surface area is 136 Å². The number of nitrogens with zero attached hydrogens (tertiary/aromatic N) is 3. The van der Waals surface area contributed by atoms with Gasteiger partial charge < -0.3 is 10.6 Å². The first-order chi connectivity index (χ1) is 10.6. The number of thiazole rings is 1. The largest absolute Gasteiger partial charge is 0.339 e. The van der Waals surface area contributed by atoms with Gasteiger partial charge in [-0.05, 0) is 19.3 Å². The Morgan fingerprint density at radius 3 is 2.59 bits per heavy atom. The first-order valence-electron chi connectivity index (χ1n) is 8.34. The van der Waals surface area contributed by atoms with Crippen LogP contribution < -0.4 is 5.73 Å². The van der Waals surface area contributed by atoms with Gasteiger partial charge in [-0.3, -0.25) is 9.69 Å². The predicted octanol–water partition coefficient (Wildman–Crippen LogP) is 1.62. The zero-order valence-corrected chi connectivity index (χ0v) is 14.2. The molecule has 1 saturated carbocycles. The number of hydrogen-bond acceptors (Lipinski definition) is 5. The van der Waals surface area contributed by atoms with Crippen LogP contribution in [0.25, 0.3) is 0 Å². The number of aryl methyl sites for hydroxylation is 1. The third-order valence-electron chi connectivity index (χ3n) is 4.87. The lowest BCUT2D eigenvalue weighted by Crippen LogP contribution is -2.58. The summed E-state index contributed by atoms with van der Waals surface area (Å²) in [7, 11) is 0. The van der Waals surface area contributed by atoms with Crippen LogP contribution in [0.1, 0.15) is 43.3 Å². The maximum absolute atomic E-state index is 12.6. The van der Waals surface area contributed by atoms with Gasteiger partial charge in [0.25, 0.3) is 0 Å². The van der Waals surface area contributed by atoms with Gasteiger partial charge in [-0.25, -0.2) is 4.98 Å². The first kappa shape index (κ1) is 15.9. The summed E-state index contributed by atoms with van der Waals surface area (Å²) in [6.45, 7) is 6.46. The Balaban J connectivity index is 1.50. The molecule has 5 nitrogen and oxygen atoms in total. The van der Waals surface area contributed by atoms with Gasteiger partial charge in [-0.1, -0.05) is 19.8 Å². The lowest BCUT2D eigenvalue weighted by molar-refractivity contribution is -0.138. The molecule has 1 aromatic heterocycles. The maximum atomic E-state index is 12.6. The van der Waals surface area contributed by atoms with Crippen molar-refractivity contribution in [1.82, 2.24) is 14.8 Å². The molecule has 1 amide bonds. The molecule has 1 saturated heterocycles. The Morgan fingerprint density at radius 1 is 1.32 bits per heavy atom. The maximum Gasteiger partial charge on any atom is 0.242 e. The van der Waals surface area contributed by atoms with Crippen molar-refractivity contribution in [2.45, 2.75) is 51.1 Å². The van der Waals surface area contributed by atoms with Crippen LogP contribution >= 0.6 is 11.3 Å². The molecule has 0 radical (unpaired) electrons. The minimum atomic E-state index is -0.576. The average Bonchev–Trinajstić information content (AvgIpc) is 3.17. The number of nitrogens with two attached hydrogens (primary N) is 1. The van der Waals surface area contributed by atoms with E-state index in [-0.39, 0.29) is 5.91 Å². The van der Waals surface area contributed by atoms with Crippen LogP contribution in [0.15, 0.2) is 5.38 Å². The van der Waals surface area contributed by atoms with Gasteiger partial charge >= 0.3 is 0 Å². The highest BCUT2D eigenvalue weighted by molar-refractivity contribution is 7.09. The molecular formula is C16H26N4OS. The second-order valence-corrected chi connectivity index (χ2v) is 7.46. The molecule has 0 bridgehead atoms. The molecule has 2 aliphatic rings. The molecule has 1 aromatic rings. The summed E-state index contributed by atoms with van der Waals surface area (Å²) in [5.41, 5.74) is 6.88. The van der Waals surface area contributed by atoms with Crippen LogP contribution in [-0.2, 0) is 17.8 Å². The number of carbonyl (C=O) groups excluding carboxylic acids is 1. The predicted molar refractivity (Wildman–Crippen MR) is 88.7 cm³/mol. The van der Waals surface area contributed by atoms with Gasteiger partial charge in [0.1, 0.15) is 0 Å². The molecule has 1 aliphatic heterocycles. The molecule has 2 heterocycles. The summed E-state index contributed by atoms with van der Waals surface area (Å²) in [5.74, 6) is 0.173. The minimum Gasteiger partial charge on any atom is -0.339 e. The molecule has 0 spiro atoms. The first-order valence-corrected chi connectivity index (χ1v) is 9.22. The van der Waals surface area contributed by atoms with Gasteiger partial charge in [-0.2, -0.15) is 0 Å². The van der Waals surface area contributed by atoms with E-state index in [4.69, 9.17) is 5.73 Å². The van der Waals surface area contributed by atoms with Crippen molar-refractivity contribution < 1.29 is 4.79 Å². The highest BCUT2D eigenvalue weighted by atomic mass is 32.1. The summed E-state index contributed by atoms with van der Waals surface area (Å²) in [4.78, 5) is 21.6. The number of amides is 1. The standard InChI is InChI=1S/C16H26N4OS/c1-2-14-18-13(12-22-14)11-19-7-9-20(10-8-19)15(21)16(17)5-3-4-6-16/h12H,2-11,17H2,1H3. The molecular weight excluding hydrogens is 296 g/mol. The fraction of sp³-hybridized carbons (Fsp3) is 0.750. The van der Waals surface area contributed by atoms with Crippen LogP contribution in [0.2, 0.25) is 0 Å². The van der Waals surface area contributed by atoms with E-state index in [1.807, 2.05) is 4.90 Å². The van der Waals surface area contributed by atoms with E-state index in [0.29, 0.717) is 0 Å². The van der Waals surface area contributed by atoms with Crippen LogP contribution in [0.5, 0.6) is 0 Å². The Bertz CT molecular complexity index is 516. The van der Waals surface area contributed by atoms with Crippen molar-refractivity contribution in [3.05, 3.63) is 16.1 Å². The number of piperazine rings is 1. The molecule has 0 atom stereocenters. The van der Waals surface area contributed by atoms with E-state index in [1.54, 1.807) is 11.3 Å². The third kappa shape index (κ3) is 3.34. The van der Waals surface area contributed by atoms with Crippen molar-refractivity contribution >= 4 is 17.2 Å². The molecule has 2 fully saturated rings. The summed E-state index contributed by atoms with van der Waals surface area (Å²) >= 11 is 1.74. The molecule has 0 unspecified atom stereocenters. The Kier molecular flexibility index (Phi) is 4.80. The van der Waals surface area contributed by atoms with Gasteiger partial charge in [0.05, 0.1) is 16.2 Å². The van der Waals surface area contributed by atoms with Gasteiger partial charge in [0, 0.05) is 38.1 Å². The second kappa shape index (κ2) is 6.64. The zero-order chi connectivity index (χ0) is 15.6. The highest BCUT2D eigenvalue weighted by Gasteiger charge is 2.40. The van der Waals surface area contributed by atoms with Crippen LogP contribution in [-0.4, -0.2) is 52.4 Å². The molecule has 6 heteroatoms. The normalized spacial score (nSPS) is 22.2. The van der Waals surface area contributed by atoms with Gasteiger partial charge in [-0.15, -0.1) is 11.3 Å². The van der Waals surface area contributed by atoms with Gasteiger partial charge in [0.2, 0.25) is 5.91 Å². The van der Waals surface area contributed by atoms with E-state index < -0.39 is 5.54 Å². The zero-order valence-electron chi connectivity index (χ0n) is 13.4. The fourth-order valence-corrected chi connectivity index (χ4v) is 4.19. The topological polar surface area (TPSA) is 62.5 Å². The molecule has 1 aliphatic carbocycles.